The van der Waals surface area contributed by atoms with Gasteiger partial charge in [0, 0.05) is 43.0 Å². The van der Waals surface area contributed by atoms with Gasteiger partial charge >= 0.3 is 0 Å². The van der Waals surface area contributed by atoms with Crippen molar-refractivity contribution in [2.45, 2.75) is 45.6 Å². The molecule has 1 aromatic heterocycles. The molecule has 0 spiro atoms. The molecule has 6 heteroatoms. The van der Waals surface area contributed by atoms with Gasteiger partial charge in [0.05, 0.1) is 5.56 Å². The predicted molar refractivity (Wildman–Crippen MR) is 95.6 cm³/mol. The molecule has 1 aliphatic heterocycles. The Morgan fingerprint density at radius 3 is 2.29 bits per heavy atom. The zero-order valence-corrected chi connectivity index (χ0v) is 15.2. The molecule has 24 heavy (non-hydrogen) atoms. The summed E-state index contributed by atoms with van der Waals surface area (Å²) in [6, 6.07) is 0.765. The van der Waals surface area contributed by atoms with E-state index >= 15 is 0 Å². The minimum Gasteiger partial charge on any atom is -0.336 e. The fraction of sp³-hybridized carbons (Fsp3) is 0.667. The summed E-state index contributed by atoms with van der Waals surface area (Å²) in [4.78, 5) is 30.8. The number of amides is 2. The number of nitrogens with zero attached hydrogens (tertiary/aromatic N) is 2. The molecule has 0 bridgehead atoms. The summed E-state index contributed by atoms with van der Waals surface area (Å²) < 4.78 is 0. The third kappa shape index (κ3) is 3.09. The van der Waals surface area contributed by atoms with Crippen molar-refractivity contribution >= 4 is 28.2 Å². The quantitative estimate of drug-likeness (QED) is 0.911. The van der Waals surface area contributed by atoms with E-state index < -0.39 is 0 Å². The number of aryl methyl sites for hydroxylation is 1. The molecule has 1 aromatic rings. The van der Waals surface area contributed by atoms with Crippen LogP contribution in [0.5, 0.6) is 0 Å². The third-order valence-electron chi connectivity index (χ3n) is 5.45. The van der Waals surface area contributed by atoms with E-state index in [4.69, 9.17) is 0 Å². The lowest BCUT2D eigenvalue weighted by Gasteiger charge is -2.35. The summed E-state index contributed by atoms with van der Waals surface area (Å²) in [7, 11) is 0. The van der Waals surface area contributed by atoms with Gasteiger partial charge in [0.1, 0.15) is 5.00 Å². The van der Waals surface area contributed by atoms with Gasteiger partial charge in [-0.1, -0.05) is 0 Å². The van der Waals surface area contributed by atoms with Crippen LogP contribution in [0.1, 0.15) is 46.5 Å². The van der Waals surface area contributed by atoms with Gasteiger partial charge in [-0.15, -0.1) is 11.3 Å². The zero-order chi connectivity index (χ0) is 16.8. The first-order chi connectivity index (χ1) is 11.5. The van der Waals surface area contributed by atoms with E-state index in [1.165, 1.54) is 24.2 Å². The number of anilines is 1. The smallest absolute Gasteiger partial charge is 0.257 e. The highest BCUT2D eigenvalue weighted by atomic mass is 32.1. The largest absolute Gasteiger partial charge is 0.336 e. The average Bonchev–Trinajstić information content (AvgIpc) is 3.47. The lowest BCUT2D eigenvalue weighted by Crippen LogP contribution is -2.49. The molecule has 0 atom stereocenters. The molecule has 4 rings (SSSR count). The fourth-order valence-corrected chi connectivity index (χ4v) is 4.48. The van der Waals surface area contributed by atoms with Crippen molar-refractivity contribution in [3.8, 4) is 0 Å². The topological polar surface area (TPSA) is 52.7 Å². The van der Waals surface area contributed by atoms with Crippen LogP contribution in [0.4, 0.5) is 5.00 Å². The van der Waals surface area contributed by atoms with Gasteiger partial charge in [-0.3, -0.25) is 14.5 Å². The highest BCUT2D eigenvalue weighted by Crippen LogP contribution is 2.36. The van der Waals surface area contributed by atoms with E-state index in [1.54, 1.807) is 0 Å². The molecule has 5 nitrogen and oxygen atoms in total. The van der Waals surface area contributed by atoms with E-state index in [1.807, 2.05) is 18.7 Å². The van der Waals surface area contributed by atoms with Gasteiger partial charge in [-0.2, -0.15) is 0 Å². The zero-order valence-electron chi connectivity index (χ0n) is 14.4. The summed E-state index contributed by atoms with van der Waals surface area (Å²) in [5, 5.41) is 3.76. The van der Waals surface area contributed by atoms with Gasteiger partial charge in [0.25, 0.3) is 5.91 Å². The number of hydrogen-bond acceptors (Lipinski definition) is 4. The Morgan fingerprint density at radius 1 is 1.04 bits per heavy atom. The normalized spacial score (nSPS) is 21.8. The Bertz CT molecular complexity index is 668. The number of thiophene rings is 1. The number of carbonyl (C=O) groups is 2. The highest BCUT2D eigenvalue weighted by molar-refractivity contribution is 7.16. The van der Waals surface area contributed by atoms with Crippen LogP contribution in [-0.2, 0) is 4.79 Å². The van der Waals surface area contributed by atoms with Gasteiger partial charge in [0.15, 0.2) is 0 Å². The third-order valence-corrected chi connectivity index (χ3v) is 6.57. The summed E-state index contributed by atoms with van der Waals surface area (Å²) in [6.45, 7) is 7.55. The number of carbonyl (C=O) groups excluding carboxylic acids is 2. The molecule has 1 N–H and O–H groups in total. The van der Waals surface area contributed by atoms with Crippen molar-refractivity contribution in [3.05, 3.63) is 16.0 Å². The van der Waals surface area contributed by atoms with E-state index in [0.717, 1.165) is 60.5 Å². The van der Waals surface area contributed by atoms with Crippen LogP contribution in [0, 0.1) is 19.8 Å². The summed E-state index contributed by atoms with van der Waals surface area (Å²) in [5.74, 6) is 0.306. The lowest BCUT2D eigenvalue weighted by molar-refractivity contribution is -0.117. The number of nitrogens with one attached hydrogen (secondary N) is 1. The molecule has 2 heterocycles. The van der Waals surface area contributed by atoms with Crippen LogP contribution in [0.3, 0.4) is 0 Å². The van der Waals surface area contributed by atoms with Crippen LogP contribution >= 0.6 is 11.3 Å². The summed E-state index contributed by atoms with van der Waals surface area (Å²) in [5.41, 5.74) is 1.73. The molecule has 2 amide bonds. The molecule has 0 radical (unpaired) electrons. The summed E-state index contributed by atoms with van der Waals surface area (Å²) >= 11 is 1.53. The second-order valence-corrected chi connectivity index (χ2v) is 8.53. The number of hydrogen-bond donors (Lipinski definition) is 1. The van der Waals surface area contributed by atoms with E-state index in [2.05, 4.69) is 10.2 Å². The van der Waals surface area contributed by atoms with Crippen molar-refractivity contribution in [2.24, 2.45) is 5.92 Å². The minimum atomic E-state index is 0.0730. The number of rotatable bonds is 4. The molecule has 3 fully saturated rings. The molecule has 130 valence electrons. The molecule has 0 unspecified atom stereocenters. The van der Waals surface area contributed by atoms with E-state index in [9.17, 15) is 9.59 Å². The van der Waals surface area contributed by atoms with Gasteiger partial charge in [-0.25, -0.2) is 0 Å². The molecule has 2 aliphatic carbocycles. The van der Waals surface area contributed by atoms with E-state index in [0.29, 0.717) is 5.56 Å². The Balaban J connectivity index is 1.49. The molecule has 3 aliphatic rings. The average molecular weight is 347 g/mol. The molecule has 0 aromatic carbocycles. The van der Waals surface area contributed by atoms with Crippen molar-refractivity contribution in [1.82, 2.24) is 9.80 Å². The molecule has 1 saturated heterocycles. The molecule has 2 saturated carbocycles. The van der Waals surface area contributed by atoms with Gasteiger partial charge < -0.3 is 10.2 Å². The second-order valence-electron chi connectivity index (χ2n) is 7.31. The minimum absolute atomic E-state index is 0.0730. The molecular formula is C18H25N3O2S. The maximum atomic E-state index is 13.1. The van der Waals surface area contributed by atoms with Crippen molar-refractivity contribution in [1.29, 1.82) is 0 Å². The van der Waals surface area contributed by atoms with Crippen LogP contribution in [-0.4, -0.2) is 53.8 Å². The Kier molecular flexibility index (Phi) is 4.12. The SMILES string of the molecule is Cc1sc(NC(=O)C2CC2)c(C(=O)N2CCN(C3CC3)CC2)c1C. The van der Waals surface area contributed by atoms with Gasteiger partial charge in [-0.05, 0) is 45.1 Å². The van der Waals surface area contributed by atoms with Crippen molar-refractivity contribution < 1.29 is 9.59 Å². The number of piperazine rings is 1. The van der Waals surface area contributed by atoms with Crippen LogP contribution in [0.15, 0.2) is 0 Å². The predicted octanol–water partition coefficient (Wildman–Crippen LogP) is 2.63. The first kappa shape index (κ1) is 16.1. The Hall–Kier alpha value is -1.40. The van der Waals surface area contributed by atoms with E-state index in [-0.39, 0.29) is 17.7 Å². The van der Waals surface area contributed by atoms with Crippen molar-refractivity contribution in [2.75, 3.05) is 31.5 Å². The standard InChI is InChI=1S/C18H25N3O2S/c1-11-12(2)24-17(19-16(22)13-3-4-13)15(11)18(23)21-9-7-20(8-10-21)14-5-6-14/h13-14H,3-10H2,1-2H3,(H,19,22). The van der Waals surface area contributed by atoms with Crippen molar-refractivity contribution in [3.63, 3.8) is 0 Å². The lowest BCUT2D eigenvalue weighted by atomic mass is 10.1. The van der Waals surface area contributed by atoms with Crippen LogP contribution < -0.4 is 5.32 Å². The second kappa shape index (κ2) is 6.15. The summed E-state index contributed by atoms with van der Waals surface area (Å²) in [6.07, 6.45) is 4.57. The van der Waals surface area contributed by atoms with Gasteiger partial charge in [0.2, 0.25) is 5.91 Å². The maximum Gasteiger partial charge on any atom is 0.257 e. The Labute approximate surface area is 147 Å². The highest BCUT2D eigenvalue weighted by Gasteiger charge is 2.35. The fourth-order valence-electron chi connectivity index (χ4n) is 3.42. The Morgan fingerprint density at radius 2 is 1.71 bits per heavy atom. The maximum absolute atomic E-state index is 13.1. The van der Waals surface area contributed by atoms with Crippen LogP contribution in [0.2, 0.25) is 0 Å². The first-order valence-corrected chi connectivity index (χ1v) is 9.80. The first-order valence-electron chi connectivity index (χ1n) is 8.98. The van der Waals surface area contributed by atoms with Crippen LogP contribution in [0.25, 0.3) is 0 Å². The molecular weight excluding hydrogens is 322 g/mol. The monoisotopic (exact) mass is 347 g/mol.